The van der Waals surface area contributed by atoms with Gasteiger partial charge in [-0.05, 0) is 46.6 Å². The number of pyridine rings is 1. The minimum Gasteiger partial charge on any atom is -0.506 e. The molecule has 0 spiro atoms. The summed E-state index contributed by atoms with van der Waals surface area (Å²) in [5, 5.41) is 12.0. The van der Waals surface area contributed by atoms with Crippen LogP contribution in [0, 0.1) is 6.92 Å². The van der Waals surface area contributed by atoms with Gasteiger partial charge in [-0.15, -0.1) is 0 Å². The van der Waals surface area contributed by atoms with E-state index < -0.39 is 0 Å². The zero-order valence-corrected chi connectivity index (χ0v) is 11.2. The van der Waals surface area contributed by atoms with Crippen molar-refractivity contribution in [3.8, 4) is 5.75 Å². The first-order valence-electron chi connectivity index (χ1n) is 5.28. The molecule has 0 unspecified atom stereocenters. The van der Waals surface area contributed by atoms with Crippen molar-refractivity contribution in [2.45, 2.75) is 6.92 Å². The van der Waals surface area contributed by atoms with E-state index >= 15 is 0 Å². The average molecular weight is 307 g/mol. The van der Waals surface area contributed by atoms with Gasteiger partial charge in [0.1, 0.15) is 5.75 Å². The fourth-order valence-electron chi connectivity index (χ4n) is 1.47. The van der Waals surface area contributed by atoms with Crippen LogP contribution in [0.3, 0.4) is 0 Å². The first-order valence-corrected chi connectivity index (χ1v) is 6.07. The summed E-state index contributed by atoms with van der Waals surface area (Å²) in [5.41, 5.74) is 2.08. The van der Waals surface area contributed by atoms with Crippen molar-refractivity contribution in [3.05, 3.63) is 52.3 Å². The summed E-state index contributed by atoms with van der Waals surface area (Å²) in [4.78, 5) is 15.7. The van der Waals surface area contributed by atoms with Gasteiger partial charge in [-0.2, -0.15) is 0 Å². The Morgan fingerprint density at radius 1 is 1.33 bits per heavy atom. The number of anilines is 1. The molecule has 18 heavy (non-hydrogen) atoms. The van der Waals surface area contributed by atoms with Crippen molar-refractivity contribution in [1.29, 1.82) is 0 Å². The van der Waals surface area contributed by atoms with Crippen molar-refractivity contribution in [2.24, 2.45) is 0 Å². The summed E-state index contributed by atoms with van der Waals surface area (Å²) in [6.07, 6.45) is 2.68. The standard InChI is InChI=1S/C13H11BrN2O2/c1-8-2-3-12(11(14)4-8)16-13(18)9-5-10(17)7-15-6-9/h2-7,17H,1H3,(H,16,18). The topological polar surface area (TPSA) is 62.2 Å². The maximum atomic E-state index is 11.9. The Morgan fingerprint density at radius 2 is 2.11 bits per heavy atom. The quantitative estimate of drug-likeness (QED) is 0.896. The van der Waals surface area contributed by atoms with Gasteiger partial charge in [-0.3, -0.25) is 9.78 Å². The fourth-order valence-corrected chi connectivity index (χ4v) is 2.06. The van der Waals surface area contributed by atoms with Crippen LogP contribution in [0.25, 0.3) is 0 Å². The van der Waals surface area contributed by atoms with E-state index in [9.17, 15) is 9.90 Å². The number of aromatic nitrogens is 1. The zero-order valence-electron chi connectivity index (χ0n) is 9.64. The highest BCUT2D eigenvalue weighted by atomic mass is 79.9. The normalized spacial score (nSPS) is 10.1. The average Bonchev–Trinajstić information content (AvgIpc) is 2.32. The summed E-state index contributed by atoms with van der Waals surface area (Å²) in [6.45, 7) is 1.97. The first kappa shape index (κ1) is 12.6. The molecule has 2 N–H and O–H groups in total. The van der Waals surface area contributed by atoms with Gasteiger partial charge in [0.2, 0.25) is 0 Å². The van der Waals surface area contributed by atoms with E-state index in [0.717, 1.165) is 10.0 Å². The largest absolute Gasteiger partial charge is 0.506 e. The van der Waals surface area contributed by atoms with Crippen molar-refractivity contribution in [1.82, 2.24) is 4.98 Å². The number of nitrogens with one attached hydrogen (secondary N) is 1. The van der Waals surface area contributed by atoms with Gasteiger partial charge in [0.05, 0.1) is 17.4 Å². The van der Waals surface area contributed by atoms with Crippen LogP contribution in [0.4, 0.5) is 5.69 Å². The molecule has 0 aliphatic rings. The molecule has 0 saturated heterocycles. The molecule has 5 heteroatoms. The van der Waals surface area contributed by atoms with E-state index in [1.807, 2.05) is 25.1 Å². The molecule has 0 bridgehead atoms. The SMILES string of the molecule is Cc1ccc(NC(=O)c2cncc(O)c2)c(Br)c1. The molecule has 0 radical (unpaired) electrons. The lowest BCUT2D eigenvalue weighted by atomic mass is 10.2. The third-order valence-electron chi connectivity index (χ3n) is 2.36. The molecule has 2 aromatic rings. The molecule has 2 rings (SSSR count). The molecule has 0 atom stereocenters. The lowest BCUT2D eigenvalue weighted by Crippen LogP contribution is -2.12. The van der Waals surface area contributed by atoms with Crippen LogP contribution in [0.15, 0.2) is 41.1 Å². The summed E-state index contributed by atoms with van der Waals surface area (Å²) >= 11 is 3.38. The molecule has 1 heterocycles. The molecular weight excluding hydrogens is 296 g/mol. The molecule has 92 valence electrons. The van der Waals surface area contributed by atoms with Gasteiger partial charge in [0.25, 0.3) is 5.91 Å². The molecule has 1 aromatic carbocycles. The smallest absolute Gasteiger partial charge is 0.257 e. The molecule has 0 aliphatic carbocycles. The predicted octanol–water partition coefficient (Wildman–Crippen LogP) is 3.11. The van der Waals surface area contributed by atoms with Gasteiger partial charge in [-0.25, -0.2) is 0 Å². The fraction of sp³-hybridized carbons (Fsp3) is 0.0769. The van der Waals surface area contributed by atoms with Crippen LogP contribution in [-0.2, 0) is 0 Å². The third kappa shape index (κ3) is 2.87. The lowest BCUT2D eigenvalue weighted by Gasteiger charge is -2.08. The number of aromatic hydroxyl groups is 1. The Morgan fingerprint density at radius 3 is 2.78 bits per heavy atom. The van der Waals surface area contributed by atoms with E-state index in [1.165, 1.54) is 18.5 Å². The van der Waals surface area contributed by atoms with E-state index in [1.54, 1.807) is 0 Å². The number of halogens is 1. The number of benzene rings is 1. The van der Waals surface area contributed by atoms with Crippen molar-refractivity contribution < 1.29 is 9.90 Å². The second kappa shape index (κ2) is 5.18. The van der Waals surface area contributed by atoms with Crippen LogP contribution in [0.1, 0.15) is 15.9 Å². The number of hydrogen-bond acceptors (Lipinski definition) is 3. The summed E-state index contributed by atoms with van der Waals surface area (Å²) < 4.78 is 0.809. The first-order chi connectivity index (χ1) is 8.56. The maximum absolute atomic E-state index is 11.9. The third-order valence-corrected chi connectivity index (χ3v) is 3.01. The number of amides is 1. The van der Waals surface area contributed by atoms with Crippen LogP contribution in [-0.4, -0.2) is 16.0 Å². The van der Waals surface area contributed by atoms with E-state index in [4.69, 9.17) is 0 Å². The Balaban J connectivity index is 2.21. The molecule has 0 aliphatic heterocycles. The highest BCUT2D eigenvalue weighted by Gasteiger charge is 2.09. The summed E-state index contributed by atoms with van der Waals surface area (Å²) in [6, 6.07) is 7.00. The highest BCUT2D eigenvalue weighted by Crippen LogP contribution is 2.24. The Hall–Kier alpha value is -1.88. The van der Waals surface area contributed by atoms with Crippen molar-refractivity contribution in [3.63, 3.8) is 0 Å². The predicted molar refractivity (Wildman–Crippen MR) is 72.7 cm³/mol. The number of nitrogens with zero attached hydrogens (tertiary/aromatic N) is 1. The van der Waals surface area contributed by atoms with Gasteiger partial charge >= 0.3 is 0 Å². The zero-order chi connectivity index (χ0) is 13.1. The Labute approximate surface area is 113 Å². The van der Waals surface area contributed by atoms with Crippen LogP contribution in [0.5, 0.6) is 5.75 Å². The molecular formula is C13H11BrN2O2. The van der Waals surface area contributed by atoms with E-state index in [2.05, 4.69) is 26.2 Å². The number of carbonyl (C=O) groups excluding carboxylic acids is 1. The molecule has 0 saturated carbocycles. The number of carbonyl (C=O) groups is 1. The van der Waals surface area contributed by atoms with Crippen LogP contribution < -0.4 is 5.32 Å². The minimum absolute atomic E-state index is 0.0365. The summed E-state index contributed by atoms with van der Waals surface area (Å²) in [7, 11) is 0. The lowest BCUT2D eigenvalue weighted by molar-refractivity contribution is 0.102. The summed E-state index contributed by atoms with van der Waals surface area (Å²) in [5.74, 6) is -0.353. The van der Waals surface area contributed by atoms with Gasteiger partial charge < -0.3 is 10.4 Å². The monoisotopic (exact) mass is 306 g/mol. The molecule has 1 amide bonds. The van der Waals surface area contributed by atoms with E-state index in [-0.39, 0.29) is 11.7 Å². The Kier molecular flexibility index (Phi) is 3.62. The van der Waals surface area contributed by atoms with Crippen LogP contribution in [0.2, 0.25) is 0 Å². The molecule has 4 nitrogen and oxygen atoms in total. The Bertz CT molecular complexity index is 599. The van der Waals surface area contributed by atoms with Crippen molar-refractivity contribution >= 4 is 27.5 Å². The van der Waals surface area contributed by atoms with E-state index in [0.29, 0.717) is 11.3 Å². The van der Waals surface area contributed by atoms with Crippen molar-refractivity contribution in [2.75, 3.05) is 5.32 Å². The van der Waals surface area contributed by atoms with Crippen LogP contribution >= 0.6 is 15.9 Å². The second-order valence-corrected chi connectivity index (χ2v) is 4.72. The number of aryl methyl sites for hydroxylation is 1. The number of rotatable bonds is 2. The van der Waals surface area contributed by atoms with Gasteiger partial charge in [-0.1, -0.05) is 6.07 Å². The second-order valence-electron chi connectivity index (χ2n) is 3.87. The minimum atomic E-state index is -0.317. The number of hydrogen-bond donors (Lipinski definition) is 2. The van der Waals surface area contributed by atoms with Gasteiger partial charge in [0, 0.05) is 10.7 Å². The highest BCUT2D eigenvalue weighted by molar-refractivity contribution is 9.10. The molecule has 1 aromatic heterocycles. The van der Waals surface area contributed by atoms with Gasteiger partial charge in [0.15, 0.2) is 0 Å². The molecule has 0 fully saturated rings. The maximum Gasteiger partial charge on any atom is 0.257 e.